The Hall–Kier alpha value is -1.38. The summed E-state index contributed by atoms with van der Waals surface area (Å²) in [7, 11) is 0. The number of nitrogens with zero attached hydrogens (tertiary/aromatic N) is 4. The van der Waals surface area contributed by atoms with Gasteiger partial charge in [0, 0.05) is 5.75 Å². The lowest BCUT2D eigenvalue weighted by Gasteiger charge is -2.16. The summed E-state index contributed by atoms with van der Waals surface area (Å²) in [5.74, 6) is 2.07. The van der Waals surface area contributed by atoms with Crippen LogP contribution in [0.1, 0.15) is 23.9 Å². The zero-order valence-electron chi connectivity index (χ0n) is 12.1. The van der Waals surface area contributed by atoms with E-state index >= 15 is 0 Å². The summed E-state index contributed by atoms with van der Waals surface area (Å²) < 4.78 is 14.8. The largest absolute Gasteiger partial charge is 0.321 e. The van der Waals surface area contributed by atoms with Crippen molar-refractivity contribution < 1.29 is 4.39 Å². The molecule has 116 valence electrons. The van der Waals surface area contributed by atoms with Crippen LogP contribution in [-0.2, 0) is 0 Å². The summed E-state index contributed by atoms with van der Waals surface area (Å²) in [6.45, 7) is 0. The Morgan fingerprint density at radius 1 is 1.36 bits per heavy atom. The highest BCUT2D eigenvalue weighted by molar-refractivity contribution is 7.99. The molecular formula is C14H16FN5S2. The van der Waals surface area contributed by atoms with Gasteiger partial charge >= 0.3 is 0 Å². The molecule has 0 amide bonds. The van der Waals surface area contributed by atoms with Crippen LogP contribution in [0.4, 0.5) is 4.39 Å². The third kappa shape index (κ3) is 3.18. The van der Waals surface area contributed by atoms with Gasteiger partial charge < -0.3 is 5.73 Å². The van der Waals surface area contributed by atoms with Gasteiger partial charge in [-0.2, -0.15) is 21.5 Å². The Morgan fingerprint density at radius 3 is 2.86 bits per heavy atom. The molecule has 0 spiro atoms. The second-order valence-corrected chi connectivity index (χ2v) is 6.81. The van der Waals surface area contributed by atoms with Crippen LogP contribution in [0.2, 0.25) is 0 Å². The predicted molar refractivity (Wildman–Crippen MR) is 89.0 cm³/mol. The van der Waals surface area contributed by atoms with Crippen molar-refractivity contribution in [1.82, 2.24) is 14.9 Å². The highest BCUT2D eigenvalue weighted by Gasteiger charge is 2.23. The second-order valence-electron chi connectivity index (χ2n) is 4.88. The summed E-state index contributed by atoms with van der Waals surface area (Å²) in [5.41, 5.74) is 7.96. The number of hydrogen-bond donors (Lipinski definition) is 1. The number of halogens is 1. The minimum absolute atomic E-state index is 0.189. The third-order valence-corrected chi connectivity index (χ3v) is 4.91. The number of benzene rings is 1. The lowest BCUT2D eigenvalue weighted by molar-refractivity contribution is 0.598. The van der Waals surface area contributed by atoms with Gasteiger partial charge in [0.1, 0.15) is 5.82 Å². The van der Waals surface area contributed by atoms with E-state index in [9.17, 15) is 4.39 Å². The first-order valence-electron chi connectivity index (χ1n) is 6.85. The number of rotatable bonds is 5. The van der Waals surface area contributed by atoms with Crippen LogP contribution < -0.4 is 5.73 Å². The Morgan fingerprint density at radius 2 is 2.14 bits per heavy atom. The van der Waals surface area contributed by atoms with Crippen LogP contribution in [0.3, 0.4) is 0 Å². The predicted octanol–water partition coefficient (Wildman–Crippen LogP) is 2.53. The first-order valence-corrected chi connectivity index (χ1v) is 9.23. The molecule has 0 saturated carbocycles. The van der Waals surface area contributed by atoms with Crippen molar-refractivity contribution in [2.24, 2.45) is 10.8 Å². The van der Waals surface area contributed by atoms with Crippen molar-refractivity contribution in [2.45, 2.75) is 17.6 Å². The van der Waals surface area contributed by atoms with E-state index in [-0.39, 0.29) is 11.9 Å². The molecule has 1 aromatic carbocycles. The summed E-state index contributed by atoms with van der Waals surface area (Å²) in [4.78, 5) is 0. The fraction of sp³-hybridized carbons (Fsp3) is 0.357. The van der Waals surface area contributed by atoms with Gasteiger partial charge in [0.15, 0.2) is 5.82 Å². The van der Waals surface area contributed by atoms with Crippen LogP contribution in [0.15, 0.2) is 34.5 Å². The topological polar surface area (TPSA) is 69.1 Å². The molecule has 2 N–H and O–H groups in total. The molecule has 2 aromatic rings. The number of nitrogens with two attached hydrogens (primary N) is 1. The van der Waals surface area contributed by atoms with E-state index in [0.717, 1.165) is 28.6 Å². The number of fused-ring (bicyclic) bond motifs is 1. The maximum Gasteiger partial charge on any atom is 0.212 e. The molecule has 22 heavy (non-hydrogen) atoms. The molecule has 0 saturated heterocycles. The fourth-order valence-electron chi connectivity index (χ4n) is 2.13. The van der Waals surface area contributed by atoms with E-state index < -0.39 is 0 Å². The first kappa shape index (κ1) is 15.5. The van der Waals surface area contributed by atoms with Crippen LogP contribution in [0.25, 0.3) is 0 Å². The molecule has 0 aliphatic carbocycles. The first-order chi connectivity index (χ1) is 10.7. The van der Waals surface area contributed by atoms with Crippen LogP contribution in [0, 0.1) is 5.82 Å². The molecule has 1 aromatic heterocycles. The van der Waals surface area contributed by atoms with Gasteiger partial charge in [-0.15, -0.1) is 10.2 Å². The van der Waals surface area contributed by atoms with Crippen molar-refractivity contribution in [3.63, 3.8) is 0 Å². The number of thioether (sulfide) groups is 2. The van der Waals surface area contributed by atoms with E-state index in [1.807, 2.05) is 6.26 Å². The summed E-state index contributed by atoms with van der Waals surface area (Å²) in [5, 5.41) is 13.7. The number of hydrogen-bond acceptors (Lipinski definition) is 6. The smallest absolute Gasteiger partial charge is 0.212 e. The molecule has 5 nitrogen and oxygen atoms in total. The second kappa shape index (κ2) is 6.80. The Balaban J connectivity index is 1.90. The van der Waals surface area contributed by atoms with E-state index in [1.165, 1.54) is 12.1 Å². The quantitative estimate of drug-likeness (QED) is 0.908. The normalized spacial score (nSPS) is 15.3. The van der Waals surface area contributed by atoms with E-state index in [4.69, 9.17) is 5.73 Å². The van der Waals surface area contributed by atoms with Gasteiger partial charge in [-0.1, -0.05) is 23.9 Å². The fourth-order valence-corrected chi connectivity index (χ4v) is 3.47. The van der Waals surface area contributed by atoms with E-state index in [1.54, 1.807) is 40.3 Å². The molecule has 3 rings (SSSR count). The van der Waals surface area contributed by atoms with Crippen LogP contribution in [-0.4, -0.2) is 38.3 Å². The van der Waals surface area contributed by atoms with Gasteiger partial charge in [-0.05, 0) is 36.1 Å². The zero-order valence-corrected chi connectivity index (χ0v) is 13.7. The molecule has 1 aliphatic heterocycles. The molecule has 8 heteroatoms. The lowest BCUT2D eigenvalue weighted by Crippen LogP contribution is -2.20. The standard InChI is InChI=1S/C14H16FN5S2/c1-21-7-6-11(16)13-17-18-14-20(13)19-12(8-22-14)9-2-4-10(15)5-3-9/h2-5,11H,6-8,16H2,1H3. The Bertz CT molecular complexity index is 683. The molecular weight excluding hydrogens is 321 g/mol. The minimum atomic E-state index is -0.252. The summed E-state index contributed by atoms with van der Waals surface area (Å²) >= 11 is 3.31. The SMILES string of the molecule is CSCCC(N)c1nnc2n1N=C(c1ccc(F)cc1)CS2. The molecule has 1 aliphatic rings. The highest BCUT2D eigenvalue weighted by atomic mass is 32.2. The van der Waals surface area contributed by atoms with E-state index in [0.29, 0.717) is 11.6 Å². The van der Waals surface area contributed by atoms with Gasteiger partial charge in [0.2, 0.25) is 5.16 Å². The molecule has 2 heterocycles. The minimum Gasteiger partial charge on any atom is -0.321 e. The maximum atomic E-state index is 13.0. The monoisotopic (exact) mass is 337 g/mol. The average Bonchev–Trinajstić information content (AvgIpc) is 2.96. The summed E-state index contributed by atoms with van der Waals surface area (Å²) in [6, 6.07) is 6.16. The van der Waals surface area contributed by atoms with Crippen molar-refractivity contribution in [3.05, 3.63) is 41.5 Å². The van der Waals surface area contributed by atoms with Crippen LogP contribution in [0.5, 0.6) is 0 Å². The zero-order chi connectivity index (χ0) is 15.5. The van der Waals surface area contributed by atoms with Gasteiger partial charge in [0.25, 0.3) is 0 Å². The van der Waals surface area contributed by atoms with Crippen molar-refractivity contribution in [2.75, 3.05) is 17.8 Å². The van der Waals surface area contributed by atoms with Crippen molar-refractivity contribution in [1.29, 1.82) is 0 Å². The van der Waals surface area contributed by atoms with Crippen LogP contribution >= 0.6 is 23.5 Å². The average molecular weight is 337 g/mol. The Labute approximate surface area is 136 Å². The van der Waals surface area contributed by atoms with Crippen molar-refractivity contribution in [3.8, 4) is 0 Å². The van der Waals surface area contributed by atoms with E-state index in [2.05, 4.69) is 15.3 Å². The summed E-state index contributed by atoms with van der Waals surface area (Å²) in [6.07, 6.45) is 2.87. The number of aromatic nitrogens is 3. The highest BCUT2D eigenvalue weighted by Crippen LogP contribution is 2.26. The molecule has 1 unspecified atom stereocenters. The lowest BCUT2D eigenvalue weighted by atomic mass is 10.1. The maximum absolute atomic E-state index is 13.0. The molecule has 1 atom stereocenters. The Kier molecular flexibility index (Phi) is 4.80. The molecule has 0 fully saturated rings. The van der Waals surface area contributed by atoms with Gasteiger partial charge in [-0.25, -0.2) is 4.39 Å². The van der Waals surface area contributed by atoms with Gasteiger partial charge in [-0.3, -0.25) is 0 Å². The molecule has 0 bridgehead atoms. The van der Waals surface area contributed by atoms with Crippen molar-refractivity contribution >= 4 is 29.2 Å². The van der Waals surface area contributed by atoms with Gasteiger partial charge in [0.05, 0.1) is 11.8 Å². The third-order valence-electron chi connectivity index (χ3n) is 3.34. The molecule has 0 radical (unpaired) electrons.